The van der Waals surface area contributed by atoms with Gasteiger partial charge in [-0.3, -0.25) is 0 Å². The number of rotatable bonds is 3. The van der Waals surface area contributed by atoms with Crippen LogP contribution in [-0.4, -0.2) is 16.1 Å². The van der Waals surface area contributed by atoms with Gasteiger partial charge in [0.15, 0.2) is 0 Å². The van der Waals surface area contributed by atoms with Gasteiger partial charge in [-0.15, -0.1) is 0 Å². The second-order valence-electron chi connectivity index (χ2n) is 5.38. The molecule has 2 atom stereocenters. The molecule has 19 heavy (non-hydrogen) atoms. The summed E-state index contributed by atoms with van der Waals surface area (Å²) >= 11 is 6.09. The van der Waals surface area contributed by atoms with E-state index in [1.165, 1.54) is 24.2 Å². The number of nitrogens with zero attached hydrogens (tertiary/aromatic N) is 2. The molecule has 4 heteroatoms. The highest BCUT2D eigenvalue weighted by molar-refractivity contribution is 6.31. The van der Waals surface area contributed by atoms with Crippen LogP contribution in [0.3, 0.4) is 0 Å². The van der Waals surface area contributed by atoms with Gasteiger partial charge >= 0.3 is 0 Å². The molecule has 1 aliphatic heterocycles. The van der Waals surface area contributed by atoms with Gasteiger partial charge in [-0.2, -0.15) is 0 Å². The first-order valence-electron chi connectivity index (χ1n) is 7.11. The Morgan fingerprint density at radius 3 is 3.05 bits per heavy atom. The Hall–Kier alpha value is -1.06. The van der Waals surface area contributed by atoms with Crippen LogP contribution in [0.2, 0.25) is 5.02 Å². The highest BCUT2D eigenvalue weighted by Gasteiger charge is 2.24. The van der Waals surface area contributed by atoms with E-state index in [1.807, 2.05) is 12.1 Å². The molecule has 1 aromatic carbocycles. The summed E-state index contributed by atoms with van der Waals surface area (Å²) in [5, 5.41) is 4.31. The standard InChI is InChI=1S/C15H20ClN3/c1-3-10(2)19-14-7-6-11(16)9-13(14)18-15(19)12-5-4-8-17-12/h6-7,9-10,12,17H,3-5,8H2,1-2H3. The molecule has 3 nitrogen and oxygen atoms in total. The van der Waals surface area contributed by atoms with E-state index in [9.17, 15) is 0 Å². The molecular formula is C15H20ClN3. The van der Waals surface area contributed by atoms with E-state index in [2.05, 4.69) is 29.8 Å². The lowest BCUT2D eigenvalue weighted by molar-refractivity contribution is 0.482. The molecule has 0 radical (unpaired) electrons. The Morgan fingerprint density at radius 2 is 2.37 bits per heavy atom. The highest BCUT2D eigenvalue weighted by atomic mass is 35.5. The summed E-state index contributed by atoms with van der Waals surface area (Å²) in [6, 6.07) is 6.86. The van der Waals surface area contributed by atoms with Crippen LogP contribution in [-0.2, 0) is 0 Å². The molecule has 1 fully saturated rings. The zero-order valence-corrected chi connectivity index (χ0v) is 12.2. The first-order chi connectivity index (χ1) is 9.20. The summed E-state index contributed by atoms with van der Waals surface area (Å²) < 4.78 is 2.38. The van der Waals surface area contributed by atoms with Crippen LogP contribution in [0.1, 0.15) is 51.0 Å². The first kappa shape index (κ1) is 12.9. The Labute approximate surface area is 119 Å². The zero-order chi connectivity index (χ0) is 13.4. The van der Waals surface area contributed by atoms with Crippen LogP contribution >= 0.6 is 11.6 Å². The van der Waals surface area contributed by atoms with Crippen molar-refractivity contribution in [1.29, 1.82) is 0 Å². The van der Waals surface area contributed by atoms with Gasteiger partial charge in [0.25, 0.3) is 0 Å². The number of aromatic nitrogens is 2. The fraction of sp³-hybridized carbons (Fsp3) is 0.533. The third kappa shape index (κ3) is 2.26. The largest absolute Gasteiger partial charge is 0.324 e. The highest BCUT2D eigenvalue weighted by Crippen LogP contribution is 2.31. The second kappa shape index (κ2) is 5.14. The van der Waals surface area contributed by atoms with Crippen molar-refractivity contribution in [3.05, 3.63) is 29.0 Å². The minimum absolute atomic E-state index is 0.389. The predicted molar refractivity (Wildman–Crippen MR) is 79.7 cm³/mol. The second-order valence-corrected chi connectivity index (χ2v) is 5.82. The molecule has 102 valence electrons. The van der Waals surface area contributed by atoms with Crippen molar-refractivity contribution < 1.29 is 0 Å². The summed E-state index contributed by atoms with van der Waals surface area (Å²) in [5.74, 6) is 1.17. The lowest BCUT2D eigenvalue weighted by atomic mass is 10.2. The smallest absolute Gasteiger partial charge is 0.127 e. The molecule has 2 unspecified atom stereocenters. The molecule has 0 spiro atoms. The van der Waals surface area contributed by atoms with Crippen LogP contribution in [0.25, 0.3) is 11.0 Å². The SMILES string of the molecule is CCC(C)n1c(C2CCCN2)nc2cc(Cl)ccc21. The molecule has 1 aromatic heterocycles. The molecule has 0 aliphatic carbocycles. The van der Waals surface area contributed by atoms with E-state index in [1.54, 1.807) is 0 Å². The maximum atomic E-state index is 6.09. The summed E-state index contributed by atoms with van der Waals surface area (Å²) in [7, 11) is 0. The minimum Gasteiger partial charge on any atom is -0.324 e. The number of fused-ring (bicyclic) bond motifs is 1. The topological polar surface area (TPSA) is 29.9 Å². The van der Waals surface area contributed by atoms with Gasteiger partial charge in [-0.25, -0.2) is 4.98 Å². The van der Waals surface area contributed by atoms with Crippen molar-refractivity contribution >= 4 is 22.6 Å². The summed E-state index contributed by atoms with van der Waals surface area (Å²) in [4.78, 5) is 4.84. The van der Waals surface area contributed by atoms with E-state index in [-0.39, 0.29) is 0 Å². The van der Waals surface area contributed by atoms with Crippen LogP contribution < -0.4 is 5.32 Å². The van der Waals surface area contributed by atoms with Gasteiger partial charge in [0.05, 0.1) is 17.1 Å². The molecule has 0 amide bonds. The Kier molecular flexibility index (Phi) is 3.50. The number of benzene rings is 1. The summed E-state index contributed by atoms with van der Waals surface area (Å²) in [6.45, 7) is 5.57. The first-order valence-corrected chi connectivity index (χ1v) is 7.49. The van der Waals surface area contributed by atoms with E-state index < -0.39 is 0 Å². The van der Waals surface area contributed by atoms with Crippen molar-refractivity contribution in [2.45, 2.75) is 45.2 Å². The Balaban J connectivity index is 2.17. The molecule has 0 saturated carbocycles. The van der Waals surface area contributed by atoms with E-state index in [0.717, 1.165) is 23.5 Å². The molecule has 1 aliphatic rings. The Morgan fingerprint density at radius 1 is 1.53 bits per heavy atom. The predicted octanol–water partition coefficient (Wildman–Crippen LogP) is 4.09. The van der Waals surface area contributed by atoms with E-state index in [0.29, 0.717) is 12.1 Å². The van der Waals surface area contributed by atoms with Gasteiger partial charge in [0.2, 0.25) is 0 Å². The number of imidazole rings is 1. The molecule has 2 aromatic rings. The quantitative estimate of drug-likeness (QED) is 0.916. The molecule has 0 bridgehead atoms. The molecule has 1 N–H and O–H groups in total. The maximum absolute atomic E-state index is 6.09. The number of halogens is 1. The maximum Gasteiger partial charge on any atom is 0.127 e. The van der Waals surface area contributed by atoms with Crippen molar-refractivity contribution in [3.8, 4) is 0 Å². The van der Waals surface area contributed by atoms with Crippen LogP contribution in [0.4, 0.5) is 0 Å². The van der Waals surface area contributed by atoms with Gasteiger partial charge in [-0.05, 0) is 50.9 Å². The number of hydrogen-bond acceptors (Lipinski definition) is 2. The van der Waals surface area contributed by atoms with Gasteiger partial charge in [0.1, 0.15) is 5.82 Å². The van der Waals surface area contributed by atoms with Crippen LogP contribution in [0.5, 0.6) is 0 Å². The van der Waals surface area contributed by atoms with Crippen LogP contribution in [0, 0.1) is 0 Å². The van der Waals surface area contributed by atoms with Crippen molar-refractivity contribution in [3.63, 3.8) is 0 Å². The fourth-order valence-corrected chi connectivity index (χ4v) is 3.05. The number of hydrogen-bond donors (Lipinski definition) is 1. The Bertz CT molecular complexity index is 584. The number of nitrogens with one attached hydrogen (secondary N) is 1. The molecule has 3 rings (SSSR count). The lowest BCUT2D eigenvalue weighted by Gasteiger charge is -2.19. The third-order valence-electron chi connectivity index (χ3n) is 4.08. The van der Waals surface area contributed by atoms with Gasteiger partial charge < -0.3 is 9.88 Å². The van der Waals surface area contributed by atoms with E-state index in [4.69, 9.17) is 16.6 Å². The summed E-state index contributed by atoms with van der Waals surface area (Å²) in [5.41, 5.74) is 2.21. The normalized spacial score (nSPS) is 21.1. The fourth-order valence-electron chi connectivity index (χ4n) is 2.89. The van der Waals surface area contributed by atoms with E-state index >= 15 is 0 Å². The van der Waals surface area contributed by atoms with Crippen molar-refractivity contribution in [1.82, 2.24) is 14.9 Å². The lowest BCUT2D eigenvalue weighted by Crippen LogP contribution is -2.19. The van der Waals surface area contributed by atoms with Gasteiger partial charge in [-0.1, -0.05) is 18.5 Å². The van der Waals surface area contributed by atoms with Gasteiger partial charge in [0, 0.05) is 11.1 Å². The van der Waals surface area contributed by atoms with Crippen molar-refractivity contribution in [2.75, 3.05) is 6.54 Å². The minimum atomic E-state index is 0.389. The average molecular weight is 278 g/mol. The monoisotopic (exact) mass is 277 g/mol. The van der Waals surface area contributed by atoms with Crippen LogP contribution in [0.15, 0.2) is 18.2 Å². The zero-order valence-electron chi connectivity index (χ0n) is 11.5. The average Bonchev–Trinajstić information content (AvgIpc) is 3.03. The van der Waals surface area contributed by atoms with Crippen molar-refractivity contribution in [2.24, 2.45) is 0 Å². The third-order valence-corrected chi connectivity index (χ3v) is 4.32. The molecule has 1 saturated heterocycles. The molecular weight excluding hydrogens is 258 g/mol. The molecule has 2 heterocycles. The summed E-state index contributed by atoms with van der Waals surface area (Å²) in [6.07, 6.45) is 3.51.